The Balaban J connectivity index is 2.15. The molecule has 0 fully saturated rings. The molecule has 0 saturated heterocycles. The molecule has 0 bridgehead atoms. The summed E-state index contributed by atoms with van der Waals surface area (Å²) in [4.78, 5) is 1.98. The lowest BCUT2D eigenvalue weighted by Crippen LogP contribution is -2.16. The largest absolute Gasteiger partial charge is 0.508 e. The van der Waals surface area contributed by atoms with Crippen LogP contribution in [0.3, 0.4) is 0 Å². The van der Waals surface area contributed by atoms with Gasteiger partial charge in [-0.25, -0.2) is 4.39 Å². The van der Waals surface area contributed by atoms with E-state index in [2.05, 4.69) is 19.1 Å². The number of aromatic hydroxyl groups is 1. The van der Waals surface area contributed by atoms with E-state index in [1.165, 1.54) is 23.8 Å². The van der Waals surface area contributed by atoms with Gasteiger partial charge in [0.05, 0.1) is 0 Å². The Morgan fingerprint density at radius 1 is 1.11 bits per heavy atom. The van der Waals surface area contributed by atoms with Crippen LogP contribution in [0.5, 0.6) is 5.75 Å². The van der Waals surface area contributed by atoms with Gasteiger partial charge in [-0.1, -0.05) is 19.1 Å². The van der Waals surface area contributed by atoms with E-state index in [0.717, 1.165) is 12.1 Å². The Bertz CT molecular complexity index is 551. The molecule has 0 amide bonds. The van der Waals surface area contributed by atoms with Gasteiger partial charge in [-0.3, -0.25) is 0 Å². The lowest BCUT2D eigenvalue weighted by atomic mass is 10.1. The fourth-order valence-corrected chi connectivity index (χ4v) is 2.01. The number of halogens is 1. The van der Waals surface area contributed by atoms with Gasteiger partial charge >= 0.3 is 0 Å². The highest BCUT2D eigenvalue weighted by atomic mass is 19.1. The van der Waals surface area contributed by atoms with Gasteiger partial charge in [0, 0.05) is 24.8 Å². The van der Waals surface area contributed by atoms with Gasteiger partial charge in [0.2, 0.25) is 0 Å². The summed E-state index contributed by atoms with van der Waals surface area (Å²) in [5, 5.41) is 9.72. The SMILES string of the molecule is CCc1ccc(N(C)Cc2cc(F)ccc2O)cc1. The molecular formula is C16H18FNO. The van der Waals surface area contributed by atoms with E-state index in [1.807, 2.05) is 24.1 Å². The normalized spacial score (nSPS) is 10.5. The van der Waals surface area contributed by atoms with E-state index >= 15 is 0 Å². The summed E-state index contributed by atoms with van der Waals surface area (Å²) >= 11 is 0. The van der Waals surface area contributed by atoms with Crippen LogP contribution in [0, 0.1) is 5.82 Å². The lowest BCUT2D eigenvalue weighted by molar-refractivity contribution is 0.465. The summed E-state index contributed by atoms with van der Waals surface area (Å²) in [7, 11) is 1.92. The minimum Gasteiger partial charge on any atom is -0.508 e. The first-order valence-electron chi connectivity index (χ1n) is 6.37. The number of hydrogen-bond acceptors (Lipinski definition) is 2. The van der Waals surface area contributed by atoms with Crippen molar-refractivity contribution < 1.29 is 9.50 Å². The average Bonchev–Trinajstić information content (AvgIpc) is 2.43. The van der Waals surface area contributed by atoms with E-state index in [9.17, 15) is 9.50 Å². The van der Waals surface area contributed by atoms with Crippen LogP contribution >= 0.6 is 0 Å². The Morgan fingerprint density at radius 2 is 1.79 bits per heavy atom. The molecule has 19 heavy (non-hydrogen) atoms. The Morgan fingerprint density at radius 3 is 2.42 bits per heavy atom. The number of benzene rings is 2. The summed E-state index contributed by atoms with van der Waals surface area (Å²) in [5.41, 5.74) is 2.91. The molecule has 100 valence electrons. The minimum absolute atomic E-state index is 0.124. The van der Waals surface area contributed by atoms with Crippen molar-refractivity contribution in [2.24, 2.45) is 0 Å². The first-order chi connectivity index (χ1) is 9.10. The maximum Gasteiger partial charge on any atom is 0.123 e. The predicted molar refractivity (Wildman–Crippen MR) is 76.0 cm³/mol. The quantitative estimate of drug-likeness (QED) is 0.904. The molecule has 2 nitrogen and oxygen atoms in total. The molecule has 0 unspecified atom stereocenters. The summed E-state index contributed by atoms with van der Waals surface area (Å²) < 4.78 is 13.2. The number of hydrogen-bond donors (Lipinski definition) is 1. The summed E-state index contributed by atoms with van der Waals surface area (Å²) in [5.74, 6) is -0.207. The second-order valence-corrected chi connectivity index (χ2v) is 4.65. The van der Waals surface area contributed by atoms with Crippen LogP contribution in [0.15, 0.2) is 42.5 Å². The number of nitrogens with zero attached hydrogens (tertiary/aromatic N) is 1. The van der Waals surface area contributed by atoms with Gasteiger partial charge in [-0.2, -0.15) is 0 Å². The summed E-state index contributed by atoms with van der Waals surface area (Å²) in [6, 6.07) is 12.2. The molecule has 2 rings (SSSR count). The third-order valence-corrected chi connectivity index (χ3v) is 3.23. The molecule has 0 aliphatic rings. The molecule has 1 N–H and O–H groups in total. The molecule has 3 heteroatoms. The minimum atomic E-state index is -0.331. The highest BCUT2D eigenvalue weighted by molar-refractivity contribution is 5.48. The van der Waals surface area contributed by atoms with Crippen LogP contribution in [-0.2, 0) is 13.0 Å². The smallest absolute Gasteiger partial charge is 0.123 e. The Labute approximate surface area is 113 Å². The molecule has 2 aromatic carbocycles. The summed E-state index contributed by atoms with van der Waals surface area (Å²) in [6.45, 7) is 2.58. The van der Waals surface area contributed by atoms with E-state index in [1.54, 1.807) is 0 Å². The monoisotopic (exact) mass is 259 g/mol. The van der Waals surface area contributed by atoms with Gasteiger partial charge < -0.3 is 10.0 Å². The molecule has 0 radical (unpaired) electrons. The predicted octanol–water partition coefficient (Wildman–Crippen LogP) is 3.73. The van der Waals surface area contributed by atoms with Crippen molar-refractivity contribution in [2.75, 3.05) is 11.9 Å². The highest BCUT2D eigenvalue weighted by Crippen LogP contribution is 2.22. The van der Waals surface area contributed by atoms with Crippen LogP contribution in [0.4, 0.5) is 10.1 Å². The first kappa shape index (κ1) is 13.4. The van der Waals surface area contributed by atoms with Crippen LogP contribution < -0.4 is 4.90 Å². The Hall–Kier alpha value is -2.03. The van der Waals surface area contributed by atoms with Gasteiger partial charge in [-0.15, -0.1) is 0 Å². The van der Waals surface area contributed by atoms with Crippen molar-refractivity contribution in [3.8, 4) is 5.75 Å². The zero-order valence-electron chi connectivity index (χ0n) is 11.2. The zero-order chi connectivity index (χ0) is 13.8. The fraction of sp³-hybridized carbons (Fsp3) is 0.250. The zero-order valence-corrected chi connectivity index (χ0v) is 11.2. The number of rotatable bonds is 4. The summed E-state index contributed by atoms with van der Waals surface area (Å²) in [6.07, 6.45) is 1.01. The molecule has 0 spiro atoms. The maximum atomic E-state index is 13.2. The molecule has 0 aliphatic carbocycles. The molecule has 0 aliphatic heterocycles. The second kappa shape index (κ2) is 5.74. The molecule has 2 aromatic rings. The molecule has 0 atom stereocenters. The van der Waals surface area contributed by atoms with E-state index in [0.29, 0.717) is 12.1 Å². The van der Waals surface area contributed by atoms with Crippen molar-refractivity contribution in [3.63, 3.8) is 0 Å². The molecule has 0 aromatic heterocycles. The molecule has 0 saturated carbocycles. The first-order valence-corrected chi connectivity index (χ1v) is 6.37. The van der Waals surface area contributed by atoms with Crippen molar-refractivity contribution in [1.82, 2.24) is 0 Å². The average molecular weight is 259 g/mol. The van der Waals surface area contributed by atoms with Crippen LogP contribution in [0.1, 0.15) is 18.1 Å². The molecule has 0 heterocycles. The van der Waals surface area contributed by atoms with Crippen LogP contribution in [0.25, 0.3) is 0 Å². The standard InChI is InChI=1S/C16H18FNO/c1-3-12-4-7-15(8-5-12)18(2)11-13-10-14(17)6-9-16(13)19/h4-10,19H,3,11H2,1-2H3. The third-order valence-electron chi connectivity index (χ3n) is 3.23. The van der Waals surface area contributed by atoms with Crippen LogP contribution in [0.2, 0.25) is 0 Å². The van der Waals surface area contributed by atoms with Crippen molar-refractivity contribution >= 4 is 5.69 Å². The second-order valence-electron chi connectivity index (χ2n) is 4.65. The van der Waals surface area contributed by atoms with Crippen LogP contribution in [-0.4, -0.2) is 12.2 Å². The maximum absolute atomic E-state index is 13.2. The van der Waals surface area contributed by atoms with E-state index in [-0.39, 0.29) is 11.6 Å². The van der Waals surface area contributed by atoms with Gasteiger partial charge in [0.1, 0.15) is 11.6 Å². The van der Waals surface area contributed by atoms with E-state index < -0.39 is 0 Å². The number of phenols is 1. The topological polar surface area (TPSA) is 23.5 Å². The number of aryl methyl sites for hydroxylation is 1. The fourth-order valence-electron chi connectivity index (χ4n) is 2.01. The van der Waals surface area contributed by atoms with E-state index in [4.69, 9.17) is 0 Å². The van der Waals surface area contributed by atoms with Crippen molar-refractivity contribution in [1.29, 1.82) is 0 Å². The highest BCUT2D eigenvalue weighted by Gasteiger charge is 2.07. The number of anilines is 1. The van der Waals surface area contributed by atoms with Crippen molar-refractivity contribution in [2.45, 2.75) is 19.9 Å². The lowest BCUT2D eigenvalue weighted by Gasteiger charge is -2.20. The number of phenolic OH excluding ortho intramolecular Hbond substituents is 1. The van der Waals surface area contributed by atoms with Gasteiger partial charge in [0.15, 0.2) is 0 Å². The van der Waals surface area contributed by atoms with Crippen molar-refractivity contribution in [3.05, 3.63) is 59.4 Å². The third kappa shape index (κ3) is 3.25. The van der Waals surface area contributed by atoms with Gasteiger partial charge in [0.25, 0.3) is 0 Å². The Kier molecular flexibility index (Phi) is 4.05. The van der Waals surface area contributed by atoms with Gasteiger partial charge in [-0.05, 0) is 42.3 Å². The molecular weight excluding hydrogens is 241 g/mol.